The van der Waals surface area contributed by atoms with E-state index in [4.69, 9.17) is 14.2 Å². The van der Waals surface area contributed by atoms with E-state index >= 15 is 0 Å². The first-order valence-corrected chi connectivity index (χ1v) is 13.7. The van der Waals surface area contributed by atoms with E-state index in [2.05, 4.69) is 41.7 Å². The van der Waals surface area contributed by atoms with Gasteiger partial charge in [0.25, 0.3) is 5.91 Å². The van der Waals surface area contributed by atoms with Crippen molar-refractivity contribution in [1.82, 2.24) is 20.7 Å². The minimum absolute atomic E-state index is 0.0776. The third-order valence-electron chi connectivity index (χ3n) is 5.76. The van der Waals surface area contributed by atoms with Crippen LogP contribution in [-0.4, -0.2) is 40.8 Å². The van der Waals surface area contributed by atoms with Gasteiger partial charge in [0.2, 0.25) is 0 Å². The number of hydrazone groups is 1. The van der Waals surface area contributed by atoms with Gasteiger partial charge in [-0.05, 0) is 53.9 Å². The molecule has 2 amide bonds. The van der Waals surface area contributed by atoms with Gasteiger partial charge in [-0.15, -0.1) is 0 Å². The fraction of sp³-hybridized carbons (Fsp3) is 0.200. The second-order valence-corrected chi connectivity index (χ2v) is 9.74. The molecule has 1 aromatic heterocycles. The molecule has 0 bridgehead atoms. The number of ether oxygens (including phenoxy) is 3. The third kappa shape index (κ3) is 9.50. The van der Waals surface area contributed by atoms with E-state index in [1.807, 2.05) is 61.5 Å². The van der Waals surface area contributed by atoms with E-state index < -0.39 is 18.0 Å². The summed E-state index contributed by atoms with van der Waals surface area (Å²) in [6.45, 7) is 2.80. The molecule has 1 heterocycles. The van der Waals surface area contributed by atoms with E-state index in [0.29, 0.717) is 36.0 Å². The highest BCUT2D eigenvalue weighted by molar-refractivity contribution is 9.10. The minimum atomic E-state index is -0.954. The molecule has 212 valence electrons. The molecule has 3 N–H and O–H groups in total. The minimum Gasteiger partial charge on any atom is -0.490 e. The second-order valence-electron chi connectivity index (χ2n) is 8.83. The summed E-state index contributed by atoms with van der Waals surface area (Å²) in [4.78, 5) is 32.3. The highest BCUT2D eigenvalue weighted by Crippen LogP contribution is 2.29. The monoisotopic (exact) mass is 619 g/mol. The van der Waals surface area contributed by atoms with Crippen molar-refractivity contribution in [3.8, 4) is 11.5 Å². The molecule has 11 heteroatoms. The topological polar surface area (TPSA) is 127 Å². The molecule has 0 saturated heterocycles. The van der Waals surface area contributed by atoms with Gasteiger partial charge < -0.3 is 24.5 Å². The van der Waals surface area contributed by atoms with Gasteiger partial charge in [-0.1, -0.05) is 58.4 Å². The van der Waals surface area contributed by atoms with Crippen molar-refractivity contribution in [1.29, 1.82) is 0 Å². The van der Waals surface area contributed by atoms with Crippen molar-refractivity contribution in [3.63, 3.8) is 0 Å². The normalized spacial score (nSPS) is 11.6. The number of carbonyl (C=O) groups is 2. The average molecular weight is 621 g/mol. The molecule has 10 nitrogen and oxygen atoms in total. The summed E-state index contributed by atoms with van der Waals surface area (Å²) in [6.07, 6.45) is 4.01. The van der Waals surface area contributed by atoms with Crippen LogP contribution in [0, 0.1) is 0 Å². The molecule has 4 aromatic rings. The maximum Gasteiger partial charge on any atom is 0.408 e. The Hall–Kier alpha value is -4.64. The highest BCUT2D eigenvalue weighted by Gasteiger charge is 2.22. The van der Waals surface area contributed by atoms with Crippen molar-refractivity contribution >= 4 is 34.1 Å². The number of amides is 2. The summed E-state index contributed by atoms with van der Waals surface area (Å²) in [5.74, 6) is 0.626. The zero-order chi connectivity index (χ0) is 28.9. The second kappa shape index (κ2) is 15.2. The van der Waals surface area contributed by atoms with Crippen molar-refractivity contribution < 1.29 is 23.8 Å². The van der Waals surface area contributed by atoms with Gasteiger partial charge in [-0.25, -0.2) is 15.2 Å². The molecule has 0 fully saturated rings. The van der Waals surface area contributed by atoms with Gasteiger partial charge in [-0.3, -0.25) is 4.79 Å². The number of alkyl carbamates (subject to hydrolysis) is 1. The molecule has 41 heavy (non-hydrogen) atoms. The summed E-state index contributed by atoms with van der Waals surface area (Å²) < 4.78 is 18.0. The van der Waals surface area contributed by atoms with E-state index in [9.17, 15) is 9.59 Å². The number of hydrogen-bond donors (Lipinski definition) is 3. The van der Waals surface area contributed by atoms with Crippen molar-refractivity contribution in [2.75, 3.05) is 6.61 Å². The smallest absolute Gasteiger partial charge is 0.408 e. The molecule has 1 atom stereocenters. The Balaban J connectivity index is 1.36. The number of nitrogens with one attached hydrogen (secondary N) is 3. The fourth-order valence-corrected chi connectivity index (χ4v) is 3.98. The average Bonchev–Trinajstić information content (AvgIpc) is 3.50. The van der Waals surface area contributed by atoms with Gasteiger partial charge in [0.05, 0.1) is 19.1 Å². The predicted molar refractivity (Wildman–Crippen MR) is 158 cm³/mol. The van der Waals surface area contributed by atoms with Gasteiger partial charge >= 0.3 is 6.09 Å². The van der Waals surface area contributed by atoms with Crippen molar-refractivity contribution in [2.24, 2.45) is 5.10 Å². The number of carbonyl (C=O) groups excluding carboxylic acids is 2. The van der Waals surface area contributed by atoms with Gasteiger partial charge in [0.1, 0.15) is 19.3 Å². The van der Waals surface area contributed by atoms with Crippen molar-refractivity contribution in [3.05, 3.63) is 112 Å². The van der Waals surface area contributed by atoms with Crippen LogP contribution < -0.4 is 20.2 Å². The maximum atomic E-state index is 13.0. The highest BCUT2D eigenvalue weighted by atomic mass is 79.9. The standard InChI is InChI=1S/C30H30BrN5O5/c1-2-39-28-14-23(10-13-27(28)40-18-22-8-11-24(31)12-9-22)16-34-36-29(37)26(15-25-17-32-20-33-25)35-30(38)41-19-21-6-4-3-5-7-21/h3-14,16-17,20,26H,2,15,18-19H2,1H3,(H,32,33)(H,35,38)(H,36,37)/b34-16-/t26-/m0/s1. The summed E-state index contributed by atoms with van der Waals surface area (Å²) in [7, 11) is 0. The van der Waals surface area contributed by atoms with Crippen LogP contribution in [0.3, 0.4) is 0 Å². The molecule has 3 aromatic carbocycles. The SMILES string of the molecule is CCOc1cc(/C=N\NC(=O)[C@H](Cc2cnc[nH]2)NC(=O)OCc2ccccc2)ccc1OCc1ccc(Br)cc1. The van der Waals surface area contributed by atoms with Crippen LogP contribution in [0.2, 0.25) is 0 Å². The van der Waals surface area contributed by atoms with E-state index in [1.54, 1.807) is 24.4 Å². The van der Waals surface area contributed by atoms with Gasteiger partial charge in [0.15, 0.2) is 11.5 Å². The molecule has 0 saturated carbocycles. The molecule has 0 aliphatic heterocycles. The molecule has 0 spiro atoms. The number of imidazole rings is 1. The number of rotatable bonds is 13. The molecular weight excluding hydrogens is 590 g/mol. The van der Waals surface area contributed by atoms with E-state index in [1.165, 1.54) is 12.5 Å². The Bertz CT molecular complexity index is 1430. The lowest BCUT2D eigenvalue weighted by atomic mass is 10.1. The quantitative estimate of drug-likeness (QED) is 0.140. The lowest BCUT2D eigenvalue weighted by molar-refractivity contribution is -0.123. The number of halogens is 1. The van der Waals surface area contributed by atoms with E-state index in [-0.39, 0.29) is 13.0 Å². The number of hydrogen-bond acceptors (Lipinski definition) is 7. The molecule has 0 aliphatic carbocycles. The summed E-state index contributed by atoms with van der Waals surface area (Å²) >= 11 is 3.43. The van der Waals surface area contributed by atoms with Crippen LogP contribution in [0.25, 0.3) is 0 Å². The Morgan fingerprint density at radius 1 is 1.00 bits per heavy atom. The van der Waals surface area contributed by atoms with Crippen molar-refractivity contribution in [2.45, 2.75) is 32.6 Å². The van der Waals surface area contributed by atoms with Crippen LogP contribution in [0.4, 0.5) is 4.79 Å². The lowest BCUT2D eigenvalue weighted by Crippen LogP contribution is -2.47. The van der Waals surface area contributed by atoms with Crippen LogP contribution >= 0.6 is 15.9 Å². The van der Waals surface area contributed by atoms with E-state index in [0.717, 1.165) is 15.6 Å². The number of nitrogens with zero attached hydrogens (tertiary/aromatic N) is 2. The zero-order valence-electron chi connectivity index (χ0n) is 22.4. The first kappa shape index (κ1) is 29.3. The number of aromatic nitrogens is 2. The molecular formula is C30H30BrN5O5. The van der Waals surface area contributed by atoms with Crippen LogP contribution in [0.1, 0.15) is 29.3 Å². The Kier molecular flexibility index (Phi) is 10.9. The number of benzene rings is 3. The molecule has 0 radical (unpaired) electrons. The molecule has 4 rings (SSSR count). The van der Waals surface area contributed by atoms with Crippen LogP contribution in [-0.2, 0) is 29.2 Å². The Labute approximate surface area is 246 Å². The summed E-state index contributed by atoms with van der Waals surface area (Å²) in [5, 5.41) is 6.69. The molecule has 0 unspecified atom stereocenters. The number of aromatic amines is 1. The summed E-state index contributed by atoms with van der Waals surface area (Å²) in [5.41, 5.74) is 5.69. The third-order valence-corrected chi connectivity index (χ3v) is 6.29. The first-order chi connectivity index (χ1) is 20.0. The summed E-state index contributed by atoms with van der Waals surface area (Å²) in [6, 6.07) is 21.5. The van der Waals surface area contributed by atoms with Gasteiger partial charge in [-0.2, -0.15) is 5.10 Å². The predicted octanol–water partition coefficient (Wildman–Crippen LogP) is 5.14. The Morgan fingerprint density at radius 3 is 2.51 bits per heavy atom. The number of H-pyrrole nitrogens is 1. The Morgan fingerprint density at radius 2 is 1.78 bits per heavy atom. The fourth-order valence-electron chi connectivity index (χ4n) is 3.72. The maximum absolute atomic E-state index is 13.0. The van der Waals surface area contributed by atoms with Gasteiger partial charge in [0, 0.05) is 22.8 Å². The first-order valence-electron chi connectivity index (χ1n) is 12.9. The largest absolute Gasteiger partial charge is 0.490 e. The zero-order valence-corrected chi connectivity index (χ0v) is 24.0. The molecule has 0 aliphatic rings. The lowest BCUT2D eigenvalue weighted by Gasteiger charge is -2.16. The van der Waals surface area contributed by atoms with Crippen LogP contribution in [0.15, 0.2) is 94.9 Å². The van der Waals surface area contributed by atoms with Crippen LogP contribution in [0.5, 0.6) is 11.5 Å².